The van der Waals surface area contributed by atoms with Crippen molar-refractivity contribution in [3.8, 4) is 17.2 Å². The molecule has 1 fully saturated rings. The van der Waals surface area contributed by atoms with Crippen LogP contribution >= 0.6 is 15.9 Å². The number of fused-ring (bicyclic) bond motifs is 3. The molecular weight excluding hydrogens is 702 g/mol. The van der Waals surface area contributed by atoms with Crippen LogP contribution in [-0.2, 0) is 19.2 Å². The number of nitrogens with zero attached hydrogens (tertiary/aromatic N) is 1. The van der Waals surface area contributed by atoms with Gasteiger partial charge in [-0.25, -0.2) is 0 Å². The Hall–Kier alpha value is -5.06. The highest BCUT2D eigenvalue weighted by Gasteiger charge is 2.56. The molecule has 3 aliphatic carbocycles. The molecule has 10 heteroatoms. The molecular formula is C40H34BrNO8. The number of carbonyl (C=O) groups excluding carboxylic acids is 4. The van der Waals surface area contributed by atoms with Crippen LogP contribution < -0.4 is 19.1 Å². The number of hydrogen-bond acceptors (Lipinski definition) is 8. The molecule has 2 amide bonds. The van der Waals surface area contributed by atoms with E-state index < -0.39 is 23.7 Å². The Morgan fingerprint density at radius 1 is 0.880 bits per heavy atom. The first-order valence-electron chi connectivity index (χ1n) is 16.3. The summed E-state index contributed by atoms with van der Waals surface area (Å²) in [6, 6.07) is 20.0. The van der Waals surface area contributed by atoms with Crippen LogP contribution in [0.15, 0.2) is 100 Å². The molecule has 7 rings (SSSR count). The first-order valence-corrected chi connectivity index (χ1v) is 17.1. The van der Waals surface area contributed by atoms with Crippen molar-refractivity contribution in [1.29, 1.82) is 0 Å². The van der Waals surface area contributed by atoms with E-state index in [1.807, 2.05) is 60.7 Å². The van der Waals surface area contributed by atoms with Gasteiger partial charge < -0.3 is 19.3 Å². The van der Waals surface area contributed by atoms with Gasteiger partial charge in [-0.2, -0.15) is 0 Å². The van der Waals surface area contributed by atoms with E-state index in [2.05, 4.69) is 15.9 Å². The molecule has 0 radical (unpaired) electrons. The average molecular weight is 737 g/mol. The monoisotopic (exact) mass is 735 g/mol. The highest BCUT2D eigenvalue weighted by Crippen LogP contribution is 2.55. The molecule has 3 aromatic rings. The fourth-order valence-corrected chi connectivity index (χ4v) is 8.10. The lowest BCUT2D eigenvalue weighted by Gasteiger charge is -2.42. The van der Waals surface area contributed by atoms with E-state index in [-0.39, 0.29) is 47.5 Å². The summed E-state index contributed by atoms with van der Waals surface area (Å²) >= 11 is 3.27. The molecule has 3 aromatic carbocycles. The van der Waals surface area contributed by atoms with Crippen LogP contribution in [0.5, 0.6) is 17.2 Å². The minimum Gasteiger partial charge on any atom is -0.497 e. The van der Waals surface area contributed by atoms with Crippen LogP contribution in [0.1, 0.15) is 35.4 Å². The Bertz CT molecular complexity index is 2020. The fourth-order valence-electron chi connectivity index (χ4n) is 7.65. The second-order valence-electron chi connectivity index (χ2n) is 12.6. The Labute approximate surface area is 297 Å². The van der Waals surface area contributed by atoms with Gasteiger partial charge in [0.15, 0.2) is 11.6 Å². The van der Waals surface area contributed by atoms with Gasteiger partial charge in [-0.1, -0.05) is 48.1 Å². The third-order valence-corrected chi connectivity index (χ3v) is 10.5. The topological polar surface area (TPSA) is 119 Å². The second-order valence-corrected chi connectivity index (χ2v) is 13.4. The maximum Gasteiger partial charge on any atom is 0.238 e. The molecule has 4 aliphatic rings. The van der Waals surface area contributed by atoms with Gasteiger partial charge in [-0.3, -0.25) is 24.1 Å². The molecule has 1 saturated heterocycles. The summed E-state index contributed by atoms with van der Waals surface area (Å²) in [5, 5.41) is 9.15. The number of carbonyl (C=O) groups is 4. The minimum atomic E-state index is -0.682. The van der Waals surface area contributed by atoms with Crippen molar-refractivity contribution >= 4 is 57.2 Å². The van der Waals surface area contributed by atoms with Gasteiger partial charge in [-0.15, -0.1) is 0 Å². The molecule has 254 valence electrons. The quantitative estimate of drug-likeness (QED) is 0.119. The number of aliphatic hydroxyl groups is 1. The maximum atomic E-state index is 14.3. The van der Waals surface area contributed by atoms with E-state index in [9.17, 15) is 19.2 Å². The Morgan fingerprint density at radius 2 is 1.62 bits per heavy atom. The number of ether oxygens (including phenoxy) is 3. The van der Waals surface area contributed by atoms with E-state index in [0.717, 1.165) is 22.3 Å². The van der Waals surface area contributed by atoms with E-state index in [4.69, 9.17) is 19.3 Å². The number of anilines is 1. The highest BCUT2D eigenvalue weighted by molar-refractivity contribution is 9.12. The first-order chi connectivity index (χ1) is 24.2. The van der Waals surface area contributed by atoms with Crippen LogP contribution in [0.2, 0.25) is 0 Å². The van der Waals surface area contributed by atoms with Crippen molar-refractivity contribution in [3.63, 3.8) is 0 Å². The molecule has 0 aromatic heterocycles. The van der Waals surface area contributed by atoms with Crippen LogP contribution in [0.25, 0.3) is 12.2 Å². The largest absolute Gasteiger partial charge is 0.497 e. The number of allylic oxidation sites excluding steroid dienone is 6. The Kier molecular flexibility index (Phi) is 9.15. The van der Waals surface area contributed by atoms with Crippen molar-refractivity contribution in [1.82, 2.24) is 0 Å². The van der Waals surface area contributed by atoms with Gasteiger partial charge >= 0.3 is 0 Å². The lowest BCUT2D eigenvalue weighted by Crippen LogP contribution is -2.39. The van der Waals surface area contributed by atoms with Crippen molar-refractivity contribution in [2.75, 3.05) is 32.3 Å². The number of halogens is 1. The van der Waals surface area contributed by atoms with Crippen LogP contribution in [0.4, 0.5) is 5.69 Å². The molecule has 1 N–H and O–H groups in total. The number of hydrogen-bond donors (Lipinski definition) is 1. The summed E-state index contributed by atoms with van der Waals surface area (Å²) in [7, 11) is 3.21. The maximum absolute atomic E-state index is 14.3. The summed E-state index contributed by atoms with van der Waals surface area (Å²) < 4.78 is 16.5. The summed E-state index contributed by atoms with van der Waals surface area (Å²) in [6.45, 7) is 0.0191. The standard InChI is InChI=1S/C40H34BrNO8/c1-48-27-13-16-34(49-2)24(19-27)6-3-22-4-9-25(10-5-22)42-39(46)29-15-14-28-30(36(29)40(42)47)20-31-37(33(44)21-32(41)38(31)45)35(28)23-7-11-26(12-8-23)50-18-17-43/h3-14,16,19,21,29-30,35-36,43H,15,17-18,20H2,1-2H3. The number of aliphatic hydroxyl groups excluding tert-OH is 1. The summed E-state index contributed by atoms with van der Waals surface area (Å²) in [6.07, 6.45) is 7.67. The normalized spacial score (nSPS) is 23.0. The van der Waals surface area contributed by atoms with Gasteiger partial charge in [0, 0.05) is 28.7 Å². The highest BCUT2D eigenvalue weighted by atomic mass is 79.9. The molecule has 0 spiro atoms. The van der Waals surface area contributed by atoms with Gasteiger partial charge in [0.2, 0.25) is 11.8 Å². The number of methoxy groups -OCH3 is 2. The molecule has 9 nitrogen and oxygen atoms in total. The molecule has 1 heterocycles. The SMILES string of the molecule is COc1ccc(OC)c(C=Cc2ccc(N3C(=O)C4CC=C5C(c6ccc(OCCO)cc6)C6=C(CC5C4C3=O)C(=O)C(Br)=CC6=O)cc2)c1. The smallest absolute Gasteiger partial charge is 0.238 e. The summed E-state index contributed by atoms with van der Waals surface area (Å²) in [5.74, 6) is -1.42. The Balaban J connectivity index is 1.19. The zero-order valence-corrected chi connectivity index (χ0v) is 29.0. The molecule has 1 aliphatic heterocycles. The third kappa shape index (κ3) is 5.82. The van der Waals surface area contributed by atoms with Gasteiger partial charge in [0.1, 0.15) is 23.9 Å². The molecule has 0 bridgehead atoms. The van der Waals surface area contributed by atoms with E-state index >= 15 is 0 Å². The zero-order valence-electron chi connectivity index (χ0n) is 27.4. The molecule has 4 atom stereocenters. The number of benzene rings is 3. The Morgan fingerprint density at radius 3 is 2.32 bits per heavy atom. The van der Waals surface area contributed by atoms with Gasteiger partial charge in [-0.05, 0) is 88.3 Å². The van der Waals surface area contributed by atoms with Crippen LogP contribution in [0.3, 0.4) is 0 Å². The molecule has 4 unspecified atom stereocenters. The van der Waals surface area contributed by atoms with E-state index in [0.29, 0.717) is 40.5 Å². The van der Waals surface area contributed by atoms with Crippen molar-refractivity contribution in [2.45, 2.75) is 18.8 Å². The van der Waals surface area contributed by atoms with Crippen LogP contribution in [0, 0.1) is 17.8 Å². The predicted octanol–water partition coefficient (Wildman–Crippen LogP) is 6.21. The summed E-state index contributed by atoms with van der Waals surface area (Å²) in [5.41, 5.74) is 4.61. The molecule has 0 saturated carbocycles. The van der Waals surface area contributed by atoms with Gasteiger partial charge in [0.25, 0.3) is 0 Å². The molecule has 50 heavy (non-hydrogen) atoms. The predicted molar refractivity (Wildman–Crippen MR) is 191 cm³/mol. The number of rotatable bonds is 9. The first kappa shape index (κ1) is 33.4. The van der Waals surface area contributed by atoms with E-state index in [1.165, 1.54) is 11.0 Å². The fraction of sp³-hybridized carbons (Fsp3) is 0.250. The van der Waals surface area contributed by atoms with Crippen molar-refractivity contribution < 1.29 is 38.5 Å². The lowest BCUT2D eigenvalue weighted by molar-refractivity contribution is -0.123. The summed E-state index contributed by atoms with van der Waals surface area (Å²) in [4.78, 5) is 56.5. The van der Waals surface area contributed by atoms with Gasteiger partial charge in [0.05, 0.1) is 42.8 Å². The van der Waals surface area contributed by atoms with Crippen LogP contribution in [-0.4, -0.2) is 55.9 Å². The number of imide groups is 1. The zero-order chi connectivity index (χ0) is 35.1. The lowest BCUT2D eigenvalue weighted by atomic mass is 9.59. The number of ketones is 2. The second kappa shape index (κ2) is 13.7. The number of Topliss-reactive ketones (excluding diaryl/α,β-unsaturated/α-hetero) is 1. The van der Waals surface area contributed by atoms with Crippen molar-refractivity contribution in [3.05, 3.63) is 117 Å². The third-order valence-electron chi connectivity index (χ3n) is 9.95. The number of amides is 2. The minimum absolute atomic E-state index is 0.125. The van der Waals surface area contributed by atoms with E-state index in [1.54, 1.807) is 38.5 Å². The van der Waals surface area contributed by atoms with Crippen molar-refractivity contribution in [2.24, 2.45) is 17.8 Å². The average Bonchev–Trinajstić information content (AvgIpc) is 3.40.